The van der Waals surface area contributed by atoms with Crippen molar-refractivity contribution in [1.29, 1.82) is 0 Å². The number of hydrogen-bond donors (Lipinski definition) is 1. The van der Waals surface area contributed by atoms with Crippen molar-refractivity contribution in [2.75, 3.05) is 6.61 Å². The van der Waals surface area contributed by atoms with Gasteiger partial charge in [0.25, 0.3) is 0 Å². The van der Waals surface area contributed by atoms with E-state index in [1.165, 1.54) is 5.56 Å². The van der Waals surface area contributed by atoms with Crippen molar-refractivity contribution in [2.45, 2.75) is 13.0 Å². The summed E-state index contributed by atoms with van der Waals surface area (Å²) >= 11 is 6.01. The summed E-state index contributed by atoms with van der Waals surface area (Å²) < 4.78 is 5.64. The number of rotatable bonds is 5. The Balaban J connectivity index is 1.86. The van der Waals surface area contributed by atoms with Gasteiger partial charge in [-0.1, -0.05) is 48.0 Å². The number of para-hydroxylation sites is 1. The molecular formula is C15H16ClNO. The second-order valence-corrected chi connectivity index (χ2v) is 4.46. The summed E-state index contributed by atoms with van der Waals surface area (Å²) in [6, 6.07) is 15.8. The van der Waals surface area contributed by atoms with Gasteiger partial charge >= 0.3 is 0 Å². The molecule has 0 radical (unpaired) electrons. The molecule has 2 aromatic carbocycles. The molecule has 2 nitrogen and oxygen atoms in total. The molecule has 18 heavy (non-hydrogen) atoms. The molecule has 0 saturated carbocycles. The summed E-state index contributed by atoms with van der Waals surface area (Å²) in [6.07, 6.45) is 0.857. The lowest BCUT2D eigenvalue weighted by atomic mass is 10.1. The molecule has 0 aliphatic heterocycles. The summed E-state index contributed by atoms with van der Waals surface area (Å²) in [5.74, 6) is 0.734. The highest BCUT2D eigenvalue weighted by Crippen LogP contribution is 2.23. The van der Waals surface area contributed by atoms with Gasteiger partial charge in [-0.15, -0.1) is 0 Å². The largest absolute Gasteiger partial charge is 0.492 e. The second kappa shape index (κ2) is 6.43. The predicted octanol–water partition coefficient (Wildman–Crippen LogP) is 3.42. The molecule has 2 N–H and O–H groups in total. The number of benzene rings is 2. The normalized spacial score (nSPS) is 10.3. The van der Waals surface area contributed by atoms with E-state index >= 15 is 0 Å². The van der Waals surface area contributed by atoms with Crippen LogP contribution in [0, 0.1) is 0 Å². The van der Waals surface area contributed by atoms with Crippen LogP contribution < -0.4 is 10.5 Å². The van der Waals surface area contributed by atoms with Gasteiger partial charge in [0.05, 0.1) is 11.6 Å². The first-order valence-corrected chi connectivity index (χ1v) is 6.32. The van der Waals surface area contributed by atoms with Gasteiger partial charge in [0.2, 0.25) is 0 Å². The molecular weight excluding hydrogens is 246 g/mol. The summed E-state index contributed by atoms with van der Waals surface area (Å²) in [5.41, 5.74) is 7.93. The lowest BCUT2D eigenvalue weighted by Gasteiger charge is -2.08. The van der Waals surface area contributed by atoms with Crippen LogP contribution in [-0.4, -0.2) is 6.61 Å². The van der Waals surface area contributed by atoms with Crippen molar-refractivity contribution in [1.82, 2.24) is 0 Å². The van der Waals surface area contributed by atoms with Gasteiger partial charge in [-0.05, 0) is 23.3 Å². The molecule has 0 fully saturated rings. The number of hydrogen-bond acceptors (Lipinski definition) is 2. The maximum absolute atomic E-state index is 6.01. The summed E-state index contributed by atoms with van der Waals surface area (Å²) in [7, 11) is 0. The first kappa shape index (κ1) is 12.9. The van der Waals surface area contributed by atoms with E-state index in [4.69, 9.17) is 22.1 Å². The van der Waals surface area contributed by atoms with E-state index in [9.17, 15) is 0 Å². The molecule has 2 aromatic rings. The molecule has 0 aliphatic rings. The third kappa shape index (κ3) is 3.49. The van der Waals surface area contributed by atoms with E-state index in [-0.39, 0.29) is 0 Å². The SMILES string of the molecule is NCc1ccc(CCOc2ccccc2Cl)cc1. The van der Waals surface area contributed by atoms with E-state index in [0.29, 0.717) is 18.2 Å². The smallest absolute Gasteiger partial charge is 0.137 e. The molecule has 0 aliphatic carbocycles. The average Bonchev–Trinajstić information content (AvgIpc) is 2.42. The summed E-state index contributed by atoms with van der Waals surface area (Å²) in [5, 5.41) is 0.649. The fourth-order valence-corrected chi connectivity index (χ4v) is 1.87. The summed E-state index contributed by atoms with van der Waals surface area (Å²) in [4.78, 5) is 0. The third-order valence-electron chi connectivity index (χ3n) is 2.74. The van der Waals surface area contributed by atoms with Gasteiger partial charge in [-0.2, -0.15) is 0 Å². The van der Waals surface area contributed by atoms with Crippen LogP contribution in [0.5, 0.6) is 5.75 Å². The number of ether oxygens (including phenoxy) is 1. The van der Waals surface area contributed by atoms with Crippen molar-refractivity contribution in [3.63, 3.8) is 0 Å². The molecule has 3 heteroatoms. The molecule has 0 atom stereocenters. The van der Waals surface area contributed by atoms with Crippen LogP contribution in [0.1, 0.15) is 11.1 Å². The lowest BCUT2D eigenvalue weighted by Crippen LogP contribution is -2.02. The number of halogens is 1. The van der Waals surface area contributed by atoms with Crippen LogP contribution >= 0.6 is 11.6 Å². The Morgan fingerprint density at radius 3 is 2.28 bits per heavy atom. The minimum Gasteiger partial charge on any atom is -0.492 e. The third-order valence-corrected chi connectivity index (χ3v) is 3.06. The fourth-order valence-electron chi connectivity index (χ4n) is 1.68. The van der Waals surface area contributed by atoms with Crippen molar-refractivity contribution in [2.24, 2.45) is 5.73 Å². The molecule has 0 heterocycles. The molecule has 0 unspecified atom stereocenters. The van der Waals surface area contributed by atoms with Gasteiger partial charge in [0.1, 0.15) is 5.75 Å². The van der Waals surface area contributed by atoms with Crippen LogP contribution in [0.15, 0.2) is 48.5 Å². The molecule has 94 valence electrons. The van der Waals surface area contributed by atoms with Crippen molar-refractivity contribution < 1.29 is 4.74 Å². The zero-order chi connectivity index (χ0) is 12.8. The monoisotopic (exact) mass is 261 g/mol. The van der Waals surface area contributed by atoms with E-state index in [1.54, 1.807) is 0 Å². The van der Waals surface area contributed by atoms with Crippen LogP contribution in [0.4, 0.5) is 0 Å². The van der Waals surface area contributed by atoms with Crippen molar-refractivity contribution in [3.8, 4) is 5.75 Å². The lowest BCUT2D eigenvalue weighted by molar-refractivity contribution is 0.322. The van der Waals surface area contributed by atoms with Crippen molar-refractivity contribution >= 4 is 11.6 Å². The minimum absolute atomic E-state index is 0.580. The highest BCUT2D eigenvalue weighted by Gasteiger charge is 2.00. The zero-order valence-electron chi connectivity index (χ0n) is 10.1. The Labute approximate surface area is 112 Å². The Morgan fingerprint density at radius 2 is 1.61 bits per heavy atom. The predicted molar refractivity (Wildman–Crippen MR) is 75.0 cm³/mol. The molecule has 0 bridgehead atoms. The Morgan fingerprint density at radius 1 is 0.944 bits per heavy atom. The van der Waals surface area contributed by atoms with Crippen molar-refractivity contribution in [3.05, 3.63) is 64.7 Å². The molecule has 0 amide bonds. The van der Waals surface area contributed by atoms with E-state index in [1.807, 2.05) is 36.4 Å². The first-order chi connectivity index (χ1) is 8.79. The van der Waals surface area contributed by atoms with Gasteiger partial charge < -0.3 is 10.5 Å². The molecule has 0 aromatic heterocycles. The average molecular weight is 262 g/mol. The Kier molecular flexibility index (Phi) is 4.62. The molecule has 0 spiro atoms. The van der Waals surface area contributed by atoms with Gasteiger partial charge in [-0.3, -0.25) is 0 Å². The van der Waals surface area contributed by atoms with Gasteiger partial charge in [0, 0.05) is 13.0 Å². The standard InChI is InChI=1S/C15H16ClNO/c16-14-3-1-2-4-15(14)18-10-9-12-5-7-13(11-17)8-6-12/h1-8H,9-11,17H2. The Bertz CT molecular complexity index is 496. The second-order valence-electron chi connectivity index (χ2n) is 4.05. The zero-order valence-corrected chi connectivity index (χ0v) is 10.9. The van der Waals surface area contributed by atoms with E-state index < -0.39 is 0 Å². The van der Waals surface area contributed by atoms with E-state index in [0.717, 1.165) is 17.7 Å². The highest BCUT2D eigenvalue weighted by molar-refractivity contribution is 6.32. The fraction of sp³-hybridized carbons (Fsp3) is 0.200. The maximum atomic E-state index is 6.01. The quantitative estimate of drug-likeness (QED) is 0.895. The summed E-state index contributed by atoms with van der Waals surface area (Å²) in [6.45, 7) is 1.20. The molecule has 0 saturated heterocycles. The first-order valence-electron chi connectivity index (χ1n) is 5.95. The van der Waals surface area contributed by atoms with Crippen LogP contribution in [-0.2, 0) is 13.0 Å². The van der Waals surface area contributed by atoms with Crippen LogP contribution in [0.3, 0.4) is 0 Å². The van der Waals surface area contributed by atoms with Crippen LogP contribution in [0.2, 0.25) is 5.02 Å². The van der Waals surface area contributed by atoms with Gasteiger partial charge in [-0.25, -0.2) is 0 Å². The minimum atomic E-state index is 0.580. The van der Waals surface area contributed by atoms with Gasteiger partial charge in [0.15, 0.2) is 0 Å². The topological polar surface area (TPSA) is 35.2 Å². The van der Waals surface area contributed by atoms with Crippen LogP contribution in [0.25, 0.3) is 0 Å². The van der Waals surface area contributed by atoms with E-state index in [2.05, 4.69) is 12.1 Å². The maximum Gasteiger partial charge on any atom is 0.137 e. The number of nitrogens with two attached hydrogens (primary N) is 1. The highest BCUT2D eigenvalue weighted by atomic mass is 35.5. The Hall–Kier alpha value is -1.51. The molecule has 2 rings (SSSR count).